The second-order valence-corrected chi connectivity index (χ2v) is 3.55. The standard InChI is InChI=1S/C8H17P/c1-3-5-6-7-8-9-4-2/h7-9H,3-6H2,1-2H3/b8-7+. The van der Waals surface area contributed by atoms with Gasteiger partial charge in [-0.1, -0.05) is 47.2 Å². The van der Waals surface area contributed by atoms with Crippen molar-refractivity contribution in [2.45, 2.75) is 33.1 Å². The van der Waals surface area contributed by atoms with Gasteiger partial charge in [-0.15, -0.1) is 0 Å². The first-order valence-electron chi connectivity index (χ1n) is 3.80. The van der Waals surface area contributed by atoms with Crippen LogP contribution >= 0.6 is 8.58 Å². The summed E-state index contributed by atoms with van der Waals surface area (Å²) in [4.78, 5) is 0. The van der Waals surface area contributed by atoms with Gasteiger partial charge in [-0.2, -0.15) is 0 Å². The average Bonchev–Trinajstić information content (AvgIpc) is 1.89. The van der Waals surface area contributed by atoms with Crippen molar-refractivity contribution in [2.24, 2.45) is 0 Å². The van der Waals surface area contributed by atoms with Gasteiger partial charge in [0.25, 0.3) is 0 Å². The van der Waals surface area contributed by atoms with Crippen LogP contribution in [0.3, 0.4) is 0 Å². The third-order valence-corrected chi connectivity index (χ3v) is 2.04. The van der Waals surface area contributed by atoms with Gasteiger partial charge in [-0.25, -0.2) is 0 Å². The van der Waals surface area contributed by atoms with Gasteiger partial charge in [-0.05, 0) is 12.6 Å². The Bertz CT molecular complexity index is 67.0. The van der Waals surface area contributed by atoms with Gasteiger partial charge in [0.05, 0.1) is 0 Å². The molecule has 0 rings (SSSR count). The zero-order chi connectivity index (χ0) is 6.95. The molecule has 0 bridgehead atoms. The molecular weight excluding hydrogens is 127 g/mol. The van der Waals surface area contributed by atoms with Crippen LogP contribution in [0, 0.1) is 0 Å². The molecule has 1 atom stereocenters. The molecule has 0 spiro atoms. The molecule has 0 radical (unpaired) electrons. The minimum atomic E-state index is 1.05. The summed E-state index contributed by atoms with van der Waals surface area (Å²) >= 11 is 0. The molecule has 0 aliphatic rings. The highest BCUT2D eigenvalue weighted by atomic mass is 31.1. The molecule has 0 nitrogen and oxygen atoms in total. The van der Waals surface area contributed by atoms with Crippen LogP contribution in [0.1, 0.15) is 33.1 Å². The van der Waals surface area contributed by atoms with Gasteiger partial charge >= 0.3 is 0 Å². The minimum Gasteiger partial charge on any atom is -0.0990 e. The van der Waals surface area contributed by atoms with Gasteiger partial charge in [-0.3, -0.25) is 0 Å². The lowest BCUT2D eigenvalue weighted by Gasteiger charge is -1.87. The first-order chi connectivity index (χ1) is 4.41. The SMILES string of the molecule is CCCC/C=C/PCC. The van der Waals surface area contributed by atoms with Crippen LogP contribution in [0.5, 0.6) is 0 Å². The Kier molecular flexibility index (Phi) is 8.32. The molecule has 54 valence electrons. The molecule has 0 aromatic carbocycles. The van der Waals surface area contributed by atoms with Crippen molar-refractivity contribution in [3.63, 3.8) is 0 Å². The molecule has 0 aromatic heterocycles. The van der Waals surface area contributed by atoms with Crippen LogP contribution in [0.2, 0.25) is 0 Å². The predicted octanol–water partition coefficient (Wildman–Crippen LogP) is 3.39. The van der Waals surface area contributed by atoms with Gasteiger partial charge < -0.3 is 0 Å². The Labute approximate surface area is 60.5 Å². The van der Waals surface area contributed by atoms with Crippen molar-refractivity contribution in [3.8, 4) is 0 Å². The van der Waals surface area contributed by atoms with Crippen molar-refractivity contribution in [1.29, 1.82) is 0 Å². The van der Waals surface area contributed by atoms with Crippen LogP contribution in [0.15, 0.2) is 11.9 Å². The van der Waals surface area contributed by atoms with Crippen LogP contribution in [-0.4, -0.2) is 6.16 Å². The molecule has 0 amide bonds. The third-order valence-electron chi connectivity index (χ3n) is 1.16. The molecule has 0 aromatic rings. The average molecular weight is 144 g/mol. The molecule has 0 saturated carbocycles. The molecular formula is C8H17P. The maximum absolute atomic E-state index is 2.32. The molecule has 0 fully saturated rings. The summed E-state index contributed by atoms with van der Waals surface area (Å²) in [7, 11) is 1.05. The summed E-state index contributed by atoms with van der Waals surface area (Å²) in [5.41, 5.74) is 0. The molecule has 0 heterocycles. The second-order valence-electron chi connectivity index (χ2n) is 2.10. The molecule has 0 aliphatic carbocycles. The van der Waals surface area contributed by atoms with E-state index in [1.165, 1.54) is 25.4 Å². The summed E-state index contributed by atoms with van der Waals surface area (Å²) in [5, 5.41) is 0. The topological polar surface area (TPSA) is 0 Å². The largest absolute Gasteiger partial charge is 0.0990 e. The monoisotopic (exact) mass is 144 g/mol. The van der Waals surface area contributed by atoms with Crippen LogP contribution in [-0.2, 0) is 0 Å². The van der Waals surface area contributed by atoms with E-state index in [1.807, 2.05) is 0 Å². The van der Waals surface area contributed by atoms with E-state index in [4.69, 9.17) is 0 Å². The normalized spacial score (nSPS) is 12.2. The van der Waals surface area contributed by atoms with Crippen molar-refractivity contribution < 1.29 is 0 Å². The quantitative estimate of drug-likeness (QED) is 0.410. The molecule has 9 heavy (non-hydrogen) atoms. The van der Waals surface area contributed by atoms with Crippen molar-refractivity contribution in [2.75, 3.05) is 6.16 Å². The van der Waals surface area contributed by atoms with E-state index in [2.05, 4.69) is 25.7 Å². The Morgan fingerprint density at radius 1 is 1.33 bits per heavy atom. The highest BCUT2D eigenvalue weighted by Crippen LogP contribution is 2.10. The molecule has 1 heteroatoms. The Morgan fingerprint density at radius 3 is 2.67 bits per heavy atom. The van der Waals surface area contributed by atoms with E-state index in [9.17, 15) is 0 Å². The zero-order valence-electron chi connectivity index (χ0n) is 6.48. The predicted molar refractivity (Wildman–Crippen MR) is 47.5 cm³/mol. The Hall–Kier alpha value is 0.170. The maximum atomic E-state index is 2.32. The van der Waals surface area contributed by atoms with E-state index in [0.29, 0.717) is 0 Å². The summed E-state index contributed by atoms with van der Waals surface area (Å²) < 4.78 is 0. The number of hydrogen-bond donors (Lipinski definition) is 0. The van der Waals surface area contributed by atoms with E-state index >= 15 is 0 Å². The first-order valence-corrected chi connectivity index (χ1v) is 5.08. The molecule has 0 aliphatic heterocycles. The number of unbranched alkanes of at least 4 members (excludes halogenated alkanes) is 2. The summed E-state index contributed by atoms with van der Waals surface area (Å²) in [6.07, 6.45) is 7.57. The fourth-order valence-corrected chi connectivity index (χ4v) is 1.18. The molecule has 0 saturated heterocycles. The summed E-state index contributed by atoms with van der Waals surface area (Å²) in [6.45, 7) is 4.46. The Morgan fingerprint density at radius 2 is 2.11 bits per heavy atom. The Balaban J connectivity index is 2.86. The molecule has 0 N–H and O–H groups in total. The lowest BCUT2D eigenvalue weighted by atomic mass is 10.2. The van der Waals surface area contributed by atoms with Crippen LogP contribution in [0.4, 0.5) is 0 Å². The van der Waals surface area contributed by atoms with E-state index in [0.717, 1.165) is 8.58 Å². The van der Waals surface area contributed by atoms with Crippen molar-refractivity contribution in [1.82, 2.24) is 0 Å². The maximum Gasteiger partial charge on any atom is -0.0347 e. The van der Waals surface area contributed by atoms with Gasteiger partial charge in [0.1, 0.15) is 0 Å². The van der Waals surface area contributed by atoms with Crippen LogP contribution < -0.4 is 0 Å². The van der Waals surface area contributed by atoms with Crippen LogP contribution in [0.25, 0.3) is 0 Å². The van der Waals surface area contributed by atoms with Gasteiger partial charge in [0, 0.05) is 0 Å². The fourth-order valence-electron chi connectivity index (χ4n) is 0.606. The first kappa shape index (κ1) is 9.17. The fraction of sp³-hybridized carbons (Fsp3) is 0.750. The lowest BCUT2D eigenvalue weighted by Crippen LogP contribution is -1.64. The van der Waals surface area contributed by atoms with Crippen molar-refractivity contribution >= 4 is 8.58 Å². The smallest absolute Gasteiger partial charge is 0.0347 e. The van der Waals surface area contributed by atoms with E-state index in [-0.39, 0.29) is 0 Å². The zero-order valence-corrected chi connectivity index (χ0v) is 7.48. The summed E-state index contributed by atoms with van der Waals surface area (Å²) in [5.74, 6) is 2.32. The van der Waals surface area contributed by atoms with E-state index < -0.39 is 0 Å². The lowest BCUT2D eigenvalue weighted by molar-refractivity contribution is 0.815. The van der Waals surface area contributed by atoms with Gasteiger partial charge in [0.15, 0.2) is 0 Å². The number of rotatable bonds is 5. The minimum absolute atomic E-state index is 1.05. The van der Waals surface area contributed by atoms with E-state index in [1.54, 1.807) is 0 Å². The third kappa shape index (κ3) is 8.17. The number of hydrogen-bond acceptors (Lipinski definition) is 0. The highest BCUT2D eigenvalue weighted by Gasteiger charge is 1.76. The second kappa shape index (κ2) is 8.17. The molecule has 1 unspecified atom stereocenters. The summed E-state index contributed by atoms with van der Waals surface area (Å²) in [6, 6.07) is 0. The highest BCUT2D eigenvalue weighted by molar-refractivity contribution is 7.41. The van der Waals surface area contributed by atoms with Crippen molar-refractivity contribution in [3.05, 3.63) is 11.9 Å². The number of allylic oxidation sites excluding steroid dienone is 1. The van der Waals surface area contributed by atoms with Gasteiger partial charge in [0.2, 0.25) is 0 Å².